The zero-order valence-electron chi connectivity index (χ0n) is 14.0. The first-order valence-corrected chi connectivity index (χ1v) is 8.28. The molecular weight excluding hydrogens is 356 g/mol. The standard InChI is InChI=1S/C19H17ClN2O4/c1-25-18-10-13(5-7-16(18)23)19(24)22-21-11-15-6-8-17(26-15)12-3-2-4-14(20)9-12/h2-5,7-11,15,23H,6H2,1H3,(H,22,24)/b21-11+. The fraction of sp³-hybridized carbons (Fsp3) is 0.158. The molecule has 0 aliphatic carbocycles. The van der Waals surface area contributed by atoms with Crippen molar-refractivity contribution in [1.29, 1.82) is 0 Å². The van der Waals surface area contributed by atoms with Crippen molar-refractivity contribution in [2.45, 2.75) is 12.5 Å². The number of hydrogen-bond donors (Lipinski definition) is 2. The van der Waals surface area contributed by atoms with Gasteiger partial charge in [0.2, 0.25) is 0 Å². The van der Waals surface area contributed by atoms with Crippen LogP contribution in [0.5, 0.6) is 11.5 Å². The van der Waals surface area contributed by atoms with E-state index in [1.165, 1.54) is 31.5 Å². The van der Waals surface area contributed by atoms with E-state index < -0.39 is 5.91 Å². The second kappa shape index (κ2) is 7.93. The second-order valence-electron chi connectivity index (χ2n) is 5.58. The molecule has 0 fully saturated rings. The minimum absolute atomic E-state index is 0.0356. The summed E-state index contributed by atoms with van der Waals surface area (Å²) in [5.41, 5.74) is 3.65. The number of nitrogens with zero attached hydrogens (tertiary/aromatic N) is 1. The molecule has 26 heavy (non-hydrogen) atoms. The SMILES string of the molecule is COc1cc(C(=O)N/N=C/C2CC=C(c3cccc(Cl)c3)O2)ccc1O. The molecule has 1 amide bonds. The molecule has 2 aromatic rings. The van der Waals surface area contributed by atoms with Crippen LogP contribution < -0.4 is 10.2 Å². The van der Waals surface area contributed by atoms with Gasteiger partial charge in [0.25, 0.3) is 5.91 Å². The summed E-state index contributed by atoms with van der Waals surface area (Å²) in [5, 5.41) is 14.1. The van der Waals surface area contributed by atoms with E-state index in [1.54, 1.807) is 6.07 Å². The number of rotatable bonds is 5. The highest BCUT2D eigenvalue weighted by Crippen LogP contribution is 2.27. The number of methoxy groups -OCH3 is 1. The Morgan fingerprint density at radius 2 is 2.23 bits per heavy atom. The van der Waals surface area contributed by atoms with E-state index >= 15 is 0 Å². The quantitative estimate of drug-likeness (QED) is 0.620. The topological polar surface area (TPSA) is 80.2 Å². The Bertz CT molecular complexity index is 880. The Balaban J connectivity index is 1.56. The molecule has 2 aromatic carbocycles. The largest absolute Gasteiger partial charge is 0.504 e. The zero-order chi connectivity index (χ0) is 18.5. The molecule has 1 atom stereocenters. The van der Waals surface area contributed by atoms with Crippen LogP contribution >= 0.6 is 11.6 Å². The maximum atomic E-state index is 12.1. The smallest absolute Gasteiger partial charge is 0.271 e. The lowest BCUT2D eigenvalue weighted by Crippen LogP contribution is -2.19. The maximum Gasteiger partial charge on any atom is 0.271 e. The van der Waals surface area contributed by atoms with E-state index in [4.69, 9.17) is 21.1 Å². The number of phenols is 1. The van der Waals surface area contributed by atoms with Gasteiger partial charge >= 0.3 is 0 Å². The zero-order valence-corrected chi connectivity index (χ0v) is 14.7. The minimum Gasteiger partial charge on any atom is -0.504 e. The molecule has 7 heteroatoms. The molecule has 0 bridgehead atoms. The molecule has 1 aliphatic rings. The average molecular weight is 373 g/mol. The van der Waals surface area contributed by atoms with Crippen molar-refractivity contribution in [2.75, 3.05) is 7.11 Å². The summed E-state index contributed by atoms with van der Waals surface area (Å²) in [7, 11) is 1.41. The molecule has 2 N–H and O–H groups in total. The number of aromatic hydroxyl groups is 1. The first-order chi connectivity index (χ1) is 12.6. The van der Waals surface area contributed by atoms with Crippen LogP contribution in [0.3, 0.4) is 0 Å². The number of halogens is 1. The summed E-state index contributed by atoms with van der Waals surface area (Å²) in [4.78, 5) is 12.1. The lowest BCUT2D eigenvalue weighted by Gasteiger charge is -2.09. The first-order valence-electron chi connectivity index (χ1n) is 7.90. The third-order valence-corrected chi connectivity index (χ3v) is 4.01. The van der Waals surface area contributed by atoms with Gasteiger partial charge in [-0.25, -0.2) is 5.43 Å². The lowest BCUT2D eigenvalue weighted by atomic mass is 10.2. The normalized spacial score (nSPS) is 16.2. The molecular formula is C19H17ClN2O4. The van der Waals surface area contributed by atoms with Crippen molar-refractivity contribution in [2.24, 2.45) is 5.10 Å². The van der Waals surface area contributed by atoms with Gasteiger partial charge in [-0.1, -0.05) is 23.7 Å². The summed E-state index contributed by atoms with van der Waals surface area (Å²) >= 11 is 5.99. The number of carbonyl (C=O) groups excluding carboxylic acids is 1. The molecule has 0 saturated heterocycles. The van der Waals surface area contributed by atoms with Crippen LogP contribution in [0.4, 0.5) is 0 Å². The number of hydrazone groups is 1. The summed E-state index contributed by atoms with van der Waals surface area (Å²) < 4.78 is 10.8. The number of benzene rings is 2. The molecule has 0 saturated carbocycles. The third kappa shape index (κ3) is 4.15. The van der Waals surface area contributed by atoms with Crippen LogP contribution in [-0.4, -0.2) is 30.4 Å². The van der Waals surface area contributed by atoms with E-state index in [0.717, 1.165) is 11.3 Å². The highest BCUT2D eigenvalue weighted by Gasteiger charge is 2.18. The molecule has 0 radical (unpaired) electrons. The Labute approximate surface area is 155 Å². The molecule has 0 aromatic heterocycles. The van der Waals surface area contributed by atoms with Crippen LogP contribution in [0.2, 0.25) is 5.02 Å². The lowest BCUT2D eigenvalue weighted by molar-refractivity contribution is 0.0954. The van der Waals surface area contributed by atoms with Gasteiger partial charge in [0.05, 0.1) is 13.3 Å². The van der Waals surface area contributed by atoms with Crippen LogP contribution in [0, 0.1) is 0 Å². The van der Waals surface area contributed by atoms with Crippen molar-refractivity contribution < 1.29 is 19.4 Å². The number of phenolic OH excluding ortho intramolecular Hbond substituents is 1. The highest BCUT2D eigenvalue weighted by molar-refractivity contribution is 6.30. The Morgan fingerprint density at radius 1 is 1.38 bits per heavy atom. The fourth-order valence-corrected chi connectivity index (χ4v) is 2.65. The van der Waals surface area contributed by atoms with Gasteiger partial charge in [-0.15, -0.1) is 0 Å². The van der Waals surface area contributed by atoms with Gasteiger partial charge in [-0.3, -0.25) is 4.79 Å². The van der Waals surface area contributed by atoms with Crippen molar-refractivity contribution in [3.63, 3.8) is 0 Å². The van der Waals surface area contributed by atoms with Gasteiger partial charge in [0.15, 0.2) is 11.5 Å². The van der Waals surface area contributed by atoms with E-state index in [9.17, 15) is 9.90 Å². The number of hydrogen-bond acceptors (Lipinski definition) is 5. The van der Waals surface area contributed by atoms with Crippen LogP contribution in [0.15, 0.2) is 53.6 Å². The van der Waals surface area contributed by atoms with Crippen LogP contribution in [-0.2, 0) is 4.74 Å². The Morgan fingerprint density at radius 3 is 3.00 bits per heavy atom. The molecule has 0 spiro atoms. The molecule has 1 heterocycles. The molecule has 1 aliphatic heterocycles. The second-order valence-corrected chi connectivity index (χ2v) is 6.01. The third-order valence-electron chi connectivity index (χ3n) is 3.77. The van der Waals surface area contributed by atoms with E-state index in [0.29, 0.717) is 17.0 Å². The Kier molecular flexibility index (Phi) is 5.43. The molecule has 6 nitrogen and oxygen atoms in total. The van der Waals surface area contributed by atoms with Crippen molar-refractivity contribution in [3.05, 3.63) is 64.7 Å². The van der Waals surface area contributed by atoms with Crippen molar-refractivity contribution in [1.82, 2.24) is 5.43 Å². The summed E-state index contributed by atoms with van der Waals surface area (Å²) in [6.45, 7) is 0. The van der Waals surface area contributed by atoms with E-state index in [2.05, 4.69) is 10.5 Å². The molecule has 3 rings (SSSR count). The average Bonchev–Trinajstić information content (AvgIpc) is 3.11. The first kappa shape index (κ1) is 17.8. The monoisotopic (exact) mass is 372 g/mol. The van der Waals surface area contributed by atoms with E-state index in [-0.39, 0.29) is 17.6 Å². The number of ether oxygens (including phenoxy) is 2. The van der Waals surface area contributed by atoms with Gasteiger partial charge in [-0.2, -0.15) is 5.10 Å². The minimum atomic E-state index is -0.416. The van der Waals surface area contributed by atoms with Crippen LogP contribution in [0.1, 0.15) is 22.3 Å². The summed E-state index contributed by atoms with van der Waals surface area (Å²) in [6.07, 6.45) is 3.87. The van der Waals surface area contributed by atoms with Gasteiger partial charge in [-0.05, 0) is 36.4 Å². The number of amides is 1. The van der Waals surface area contributed by atoms with Gasteiger partial charge in [0, 0.05) is 22.6 Å². The predicted molar refractivity (Wildman–Crippen MR) is 99.5 cm³/mol. The van der Waals surface area contributed by atoms with Gasteiger partial charge < -0.3 is 14.6 Å². The van der Waals surface area contributed by atoms with Crippen LogP contribution in [0.25, 0.3) is 5.76 Å². The Hall–Kier alpha value is -2.99. The highest BCUT2D eigenvalue weighted by atomic mass is 35.5. The van der Waals surface area contributed by atoms with Gasteiger partial charge in [0.1, 0.15) is 11.9 Å². The summed E-state index contributed by atoms with van der Waals surface area (Å²) in [6, 6.07) is 11.7. The van der Waals surface area contributed by atoms with Crippen molar-refractivity contribution >= 4 is 29.5 Å². The molecule has 1 unspecified atom stereocenters. The van der Waals surface area contributed by atoms with E-state index in [1.807, 2.05) is 24.3 Å². The summed E-state index contributed by atoms with van der Waals surface area (Å²) in [5.74, 6) is 0.502. The number of carbonyl (C=O) groups is 1. The number of nitrogens with one attached hydrogen (secondary N) is 1. The molecule has 134 valence electrons. The van der Waals surface area contributed by atoms with Crippen molar-refractivity contribution in [3.8, 4) is 11.5 Å². The fourth-order valence-electron chi connectivity index (χ4n) is 2.46. The predicted octanol–water partition coefficient (Wildman–Crippen LogP) is 3.60. The maximum absolute atomic E-state index is 12.1.